The van der Waals surface area contributed by atoms with Gasteiger partial charge in [0.05, 0.1) is 18.8 Å². The number of carboxylic acids is 1. The molecule has 1 aromatic carbocycles. The van der Waals surface area contributed by atoms with Crippen molar-refractivity contribution in [2.24, 2.45) is 0 Å². The summed E-state index contributed by atoms with van der Waals surface area (Å²) in [5.74, 6) is -0.388. The van der Waals surface area contributed by atoms with Crippen molar-refractivity contribution in [3.05, 3.63) is 58.7 Å². The molecule has 2 heterocycles. The van der Waals surface area contributed by atoms with Gasteiger partial charge in [-0.15, -0.1) is 0 Å². The van der Waals surface area contributed by atoms with Gasteiger partial charge in [-0.1, -0.05) is 12.1 Å². The van der Waals surface area contributed by atoms with Gasteiger partial charge in [0.15, 0.2) is 6.23 Å². The second kappa shape index (κ2) is 8.54. The first-order chi connectivity index (χ1) is 13.0. The highest BCUT2D eigenvalue weighted by Gasteiger charge is 2.36. The lowest BCUT2D eigenvalue weighted by molar-refractivity contribution is -0.137. The van der Waals surface area contributed by atoms with Crippen molar-refractivity contribution in [1.82, 2.24) is 9.80 Å². The topological polar surface area (TPSA) is 62.2 Å². The molecule has 1 aromatic rings. The van der Waals surface area contributed by atoms with E-state index in [0.717, 1.165) is 24.5 Å². The fourth-order valence-corrected chi connectivity index (χ4v) is 3.45. The molecule has 146 valence electrons. The highest BCUT2D eigenvalue weighted by atomic mass is 19.1. The third-order valence-electron chi connectivity index (χ3n) is 4.75. The Morgan fingerprint density at radius 3 is 2.56 bits per heavy atom. The zero-order valence-corrected chi connectivity index (χ0v) is 15.7. The molecule has 0 amide bonds. The third-order valence-corrected chi connectivity index (χ3v) is 4.75. The maximum Gasteiger partial charge on any atom is 0.336 e. The summed E-state index contributed by atoms with van der Waals surface area (Å²) in [5.41, 5.74) is 1.79. The molecule has 1 saturated heterocycles. The molecule has 0 aromatic heterocycles. The second-order valence-corrected chi connectivity index (χ2v) is 6.57. The molecule has 1 unspecified atom stereocenters. The minimum absolute atomic E-state index is 0.232. The molecule has 0 aliphatic carbocycles. The summed E-state index contributed by atoms with van der Waals surface area (Å²) in [5, 5.41) is 9.75. The van der Waals surface area contributed by atoms with Crippen LogP contribution in [0.1, 0.15) is 19.4 Å². The van der Waals surface area contributed by atoms with Gasteiger partial charge in [-0.05, 0) is 43.2 Å². The average molecular weight is 376 g/mol. The maximum absolute atomic E-state index is 13.3. The first kappa shape index (κ1) is 19.4. The van der Waals surface area contributed by atoms with Gasteiger partial charge in [-0.3, -0.25) is 0 Å². The molecule has 7 heteroatoms. The van der Waals surface area contributed by atoms with E-state index in [2.05, 4.69) is 4.90 Å². The molecule has 0 bridgehead atoms. The summed E-state index contributed by atoms with van der Waals surface area (Å²) in [6, 6.07) is 6.24. The molecular weight excluding hydrogens is 351 g/mol. The molecule has 27 heavy (non-hydrogen) atoms. The van der Waals surface area contributed by atoms with E-state index in [1.54, 1.807) is 19.1 Å². The average Bonchev–Trinajstić information content (AvgIpc) is 2.66. The first-order valence-corrected chi connectivity index (χ1v) is 9.12. The van der Waals surface area contributed by atoms with Crippen molar-refractivity contribution < 1.29 is 23.8 Å². The van der Waals surface area contributed by atoms with Crippen LogP contribution >= 0.6 is 0 Å². The van der Waals surface area contributed by atoms with Gasteiger partial charge >= 0.3 is 5.97 Å². The molecule has 1 atom stereocenters. The Morgan fingerprint density at radius 1 is 1.30 bits per heavy atom. The van der Waals surface area contributed by atoms with Crippen molar-refractivity contribution in [2.75, 3.05) is 32.9 Å². The van der Waals surface area contributed by atoms with Gasteiger partial charge in [0.1, 0.15) is 11.6 Å². The Morgan fingerprint density at radius 2 is 1.96 bits per heavy atom. The molecule has 6 nitrogen and oxygen atoms in total. The van der Waals surface area contributed by atoms with E-state index in [9.17, 15) is 14.3 Å². The predicted molar refractivity (Wildman–Crippen MR) is 98.2 cm³/mol. The maximum atomic E-state index is 13.3. The van der Waals surface area contributed by atoms with Crippen LogP contribution in [0.4, 0.5) is 4.39 Å². The Labute approximate surface area is 158 Å². The van der Waals surface area contributed by atoms with Gasteiger partial charge in [-0.2, -0.15) is 0 Å². The summed E-state index contributed by atoms with van der Waals surface area (Å²) in [6.07, 6.45) is 1.19. The number of hydrogen-bond acceptors (Lipinski definition) is 5. The number of carbonyl (C=O) groups is 1. The molecule has 0 spiro atoms. The smallest absolute Gasteiger partial charge is 0.336 e. The van der Waals surface area contributed by atoms with Gasteiger partial charge in [0.2, 0.25) is 0 Å². The van der Waals surface area contributed by atoms with E-state index >= 15 is 0 Å². The van der Waals surface area contributed by atoms with Crippen LogP contribution in [-0.2, 0) is 20.8 Å². The number of rotatable bonds is 6. The molecule has 2 aliphatic heterocycles. The van der Waals surface area contributed by atoms with Crippen LogP contribution in [0, 0.1) is 5.82 Å². The van der Waals surface area contributed by atoms with Crippen molar-refractivity contribution in [3.63, 3.8) is 0 Å². The zero-order chi connectivity index (χ0) is 19.4. The predicted octanol–water partition coefficient (Wildman–Crippen LogP) is 2.58. The van der Waals surface area contributed by atoms with Crippen molar-refractivity contribution in [3.8, 4) is 0 Å². The van der Waals surface area contributed by atoms with Crippen LogP contribution in [0.15, 0.2) is 47.3 Å². The van der Waals surface area contributed by atoms with Crippen LogP contribution in [-0.4, -0.2) is 60.0 Å². The fourth-order valence-electron chi connectivity index (χ4n) is 3.45. The lowest BCUT2D eigenvalue weighted by atomic mass is 10.0. The number of ether oxygens (including phenoxy) is 2. The number of morpholine rings is 1. The van der Waals surface area contributed by atoms with Gasteiger partial charge in [-0.25, -0.2) is 9.18 Å². The van der Waals surface area contributed by atoms with E-state index in [-0.39, 0.29) is 11.4 Å². The SMILES string of the molecule is CCOC1C(C(=O)O)=C(C)C=C(N2CCOCC2)N1Cc1ccc(F)cc1. The summed E-state index contributed by atoms with van der Waals surface area (Å²) >= 11 is 0. The van der Waals surface area contributed by atoms with E-state index in [4.69, 9.17) is 9.47 Å². The Kier molecular flexibility index (Phi) is 6.13. The number of aliphatic carboxylic acids is 1. The minimum Gasteiger partial charge on any atom is -0.478 e. The zero-order valence-electron chi connectivity index (χ0n) is 15.7. The third kappa shape index (κ3) is 4.31. The summed E-state index contributed by atoms with van der Waals surface area (Å²) in [7, 11) is 0. The number of allylic oxidation sites excluding steroid dienone is 2. The largest absolute Gasteiger partial charge is 0.478 e. The van der Waals surface area contributed by atoms with Gasteiger partial charge < -0.3 is 24.4 Å². The van der Waals surface area contributed by atoms with E-state index in [0.29, 0.717) is 31.9 Å². The summed E-state index contributed by atoms with van der Waals surface area (Å²) in [4.78, 5) is 16.0. The molecule has 3 rings (SSSR count). The van der Waals surface area contributed by atoms with Crippen LogP contribution in [0.25, 0.3) is 0 Å². The van der Waals surface area contributed by atoms with Crippen molar-refractivity contribution in [1.29, 1.82) is 0 Å². The van der Waals surface area contributed by atoms with Gasteiger partial charge in [0, 0.05) is 26.2 Å². The quantitative estimate of drug-likeness (QED) is 0.823. The standard InChI is InChI=1S/C20H25FN2O4/c1-3-27-19-18(20(24)25)14(2)12-17(22-8-10-26-11-9-22)23(19)13-15-4-6-16(21)7-5-15/h4-7,12,19H,3,8-11,13H2,1-2H3,(H,24,25). The summed E-state index contributed by atoms with van der Waals surface area (Å²) < 4.78 is 24.6. The van der Waals surface area contributed by atoms with Crippen LogP contribution in [0.2, 0.25) is 0 Å². The number of benzene rings is 1. The minimum atomic E-state index is -0.993. The van der Waals surface area contributed by atoms with Crippen LogP contribution in [0.5, 0.6) is 0 Å². The molecule has 1 N–H and O–H groups in total. The highest BCUT2D eigenvalue weighted by molar-refractivity contribution is 5.89. The number of hydrogen-bond donors (Lipinski definition) is 1. The highest BCUT2D eigenvalue weighted by Crippen LogP contribution is 2.31. The molecule has 0 saturated carbocycles. The lowest BCUT2D eigenvalue weighted by Gasteiger charge is -2.44. The monoisotopic (exact) mass is 376 g/mol. The van der Waals surface area contributed by atoms with Crippen LogP contribution < -0.4 is 0 Å². The summed E-state index contributed by atoms with van der Waals surface area (Å²) in [6.45, 7) is 7.12. The van der Waals surface area contributed by atoms with E-state index < -0.39 is 12.2 Å². The molecule has 0 radical (unpaired) electrons. The Hall–Kier alpha value is -2.38. The lowest BCUT2D eigenvalue weighted by Crippen LogP contribution is -2.49. The van der Waals surface area contributed by atoms with E-state index in [1.807, 2.05) is 17.9 Å². The molecular formula is C20H25FN2O4. The number of halogens is 1. The second-order valence-electron chi connectivity index (χ2n) is 6.57. The van der Waals surface area contributed by atoms with Crippen molar-refractivity contribution in [2.45, 2.75) is 26.6 Å². The molecule has 2 aliphatic rings. The van der Waals surface area contributed by atoms with Crippen LogP contribution in [0.3, 0.4) is 0 Å². The normalized spacial score (nSPS) is 20.7. The number of nitrogens with zero attached hydrogens (tertiary/aromatic N) is 2. The number of carboxylic acid groups (broad SMARTS) is 1. The van der Waals surface area contributed by atoms with E-state index in [1.165, 1.54) is 12.1 Å². The first-order valence-electron chi connectivity index (χ1n) is 9.12. The van der Waals surface area contributed by atoms with Gasteiger partial charge in [0.25, 0.3) is 0 Å². The fraction of sp³-hybridized carbons (Fsp3) is 0.450. The van der Waals surface area contributed by atoms with Crippen molar-refractivity contribution >= 4 is 5.97 Å². The Bertz CT molecular complexity index is 739. The molecule has 1 fully saturated rings. The Balaban J connectivity index is 2.00.